The maximum absolute atomic E-state index is 11.7. The van der Waals surface area contributed by atoms with Crippen LogP contribution in [0, 0.1) is 6.92 Å². The lowest BCUT2D eigenvalue weighted by molar-refractivity contribution is 0.0954. The van der Waals surface area contributed by atoms with E-state index < -0.39 is 0 Å². The predicted octanol–water partition coefficient (Wildman–Crippen LogP) is 1.78. The molecule has 0 radical (unpaired) electrons. The summed E-state index contributed by atoms with van der Waals surface area (Å²) < 4.78 is 0. The van der Waals surface area contributed by atoms with E-state index in [2.05, 4.69) is 15.3 Å². The Morgan fingerprint density at radius 2 is 2.38 bits per heavy atom. The maximum Gasteiger partial charge on any atom is 0.263 e. The summed E-state index contributed by atoms with van der Waals surface area (Å²) in [4.78, 5) is 20.3. The number of aryl methyl sites for hydroxylation is 1. The van der Waals surface area contributed by atoms with Crippen LogP contribution < -0.4 is 5.32 Å². The molecule has 0 spiro atoms. The van der Waals surface area contributed by atoms with Gasteiger partial charge in [-0.15, -0.1) is 11.3 Å². The highest BCUT2D eigenvalue weighted by molar-refractivity contribution is 7.13. The highest BCUT2D eigenvalue weighted by atomic mass is 32.1. The maximum atomic E-state index is 11.7. The molecule has 1 N–H and O–H groups in total. The van der Waals surface area contributed by atoms with Crippen LogP contribution in [0.3, 0.4) is 0 Å². The lowest BCUT2D eigenvalue weighted by atomic mass is 10.3. The van der Waals surface area contributed by atoms with Crippen LogP contribution in [0.1, 0.15) is 20.2 Å². The Morgan fingerprint density at radius 1 is 1.50 bits per heavy atom. The highest BCUT2D eigenvalue weighted by Gasteiger charge is 2.07. The van der Waals surface area contributed by atoms with Gasteiger partial charge in [0.05, 0.1) is 11.2 Å². The van der Waals surface area contributed by atoms with E-state index in [1.165, 1.54) is 11.3 Å². The number of carbonyl (C=O) groups is 1. The van der Waals surface area contributed by atoms with Gasteiger partial charge in [0, 0.05) is 18.9 Å². The SMILES string of the molecule is Cc1ncc(C(=O)NCc2cccnc2)s1. The minimum atomic E-state index is -0.0885. The first-order chi connectivity index (χ1) is 7.75. The first-order valence-electron chi connectivity index (χ1n) is 4.85. The van der Waals surface area contributed by atoms with Crippen LogP contribution in [0.4, 0.5) is 0 Å². The number of amides is 1. The summed E-state index contributed by atoms with van der Waals surface area (Å²) in [6, 6.07) is 3.77. The zero-order chi connectivity index (χ0) is 11.4. The van der Waals surface area contributed by atoms with Crippen LogP contribution in [0.25, 0.3) is 0 Å². The van der Waals surface area contributed by atoms with E-state index in [4.69, 9.17) is 0 Å². The zero-order valence-electron chi connectivity index (χ0n) is 8.80. The molecular formula is C11H11N3OS. The molecule has 82 valence electrons. The fourth-order valence-corrected chi connectivity index (χ4v) is 1.93. The number of hydrogen-bond acceptors (Lipinski definition) is 4. The fourth-order valence-electron chi connectivity index (χ4n) is 1.24. The van der Waals surface area contributed by atoms with Crippen molar-refractivity contribution < 1.29 is 4.79 Å². The van der Waals surface area contributed by atoms with Crippen molar-refractivity contribution in [3.05, 3.63) is 46.2 Å². The highest BCUT2D eigenvalue weighted by Crippen LogP contribution is 2.11. The summed E-state index contributed by atoms with van der Waals surface area (Å²) in [5.74, 6) is -0.0885. The van der Waals surface area contributed by atoms with Crippen LogP contribution in [-0.2, 0) is 6.54 Å². The van der Waals surface area contributed by atoms with Gasteiger partial charge in [-0.3, -0.25) is 9.78 Å². The first-order valence-corrected chi connectivity index (χ1v) is 5.67. The summed E-state index contributed by atoms with van der Waals surface area (Å²) >= 11 is 1.39. The molecular weight excluding hydrogens is 222 g/mol. The minimum Gasteiger partial charge on any atom is -0.347 e. The molecule has 2 rings (SSSR count). The molecule has 0 bridgehead atoms. The van der Waals surface area contributed by atoms with Crippen LogP contribution in [0.5, 0.6) is 0 Å². The van der Waals surface area contributed by atoms with Gasteiger partial charge in [0.15, 0.2) is 0 Å². The van der Waals surface area contributed by atoms with Crippen molar-refractivity contribution in [2.75, 3.05) is 0 Å². The van der Waals surface area contributed by atoms with Crippen molar-refractivity contribution in [3.63, 3.8) is 0 Å². The second-order valence-corrected chi connectivity index (χ2v) is 4.52. The summed E-state index contributed by atoms with van der Waals surface area (Å²) in [5, 5.41) is 3.71. The van der Waals surface area contributed by atoms with E-state index in [0.717, 1.165) is 10.6 Å². The van der Waals surface area contributed by atoms with Gasteiger partial charge in [0.1, 0.15) is 4.88 Å². The number of carbonyl (C=O) groups excluding carboxylic acids is 1. The summed E-state index contributed by atoms with van der Waals surface area (Å²) in [5.41, 5.74) is 0.983. The van der Waals surface area contributed by atoms with E-state index >= 15 is 0 Å². The minimum absolute atomic E-state index is 0.0885. The molecule has 0 saturated heterocycles. The molecule has 5 heteroatoms. The number of aromatic nitrogens is 2. The van der Waals surface area contributed by atoms with Gasteiger partial charge in [-0.1, -0.05) is 6.07 Å². The zero-order valence-corrected chi connectivity index (χ0v) is 9.62. The molecule has 2 aromatic rings. The van der Waals surface area contributed by atoms with Crippen molar-refractivity contribution in [2.24, 2.45) is 0 Å². The Hall–Kier alpha value is -1.75. The molecule has 0 aliphatic heterocycles. The molecule has 16 heavy (non-hydrogen) atoms. The van der Waals surface area contributed by atoms with Crippen LogP contribution in [-0.4, -0.2) is 15.9 Å². The third-order valence-corrected chi connectivity index (χ3v) is 2.93. The Morgan fingerprint density at radius 3 is 3.00 bits per heavy atom. The number of hydrogen-bond donors (Lipinski definition) is 1. The second-order valence-electron chi connectivity index (χ2n) is 3.29. The smallest absolute Gasteiger partial charge is 0.263 e. The fraction of sp³-hybridized carbons (Fsp3) is 0.182. The average molecular weight is 233 g/mol. The van der Waals surface area contributed by atoms with E-state index in [9.17, 15) is 4.79 Å². The standard InChI is InChI=1S/C11H11N3OS/c1-8-13-7-10(16-8)11(15)14-6-9-3-2-4-12-5-9/h2-5,7H,6H2,1H3,(H,14,15). The van der Waals surface area contributed by atoms with Crippen LogP contribution in [0.15, 0.2) is 30.7 Å². The molecule has 0 saturated carbocycles. The van der Waals surface area contributed by atoms with Gasteiger partial charge < -0.3 is 5.32 Å². The summed E-state index contributed by atoms with van der Waals surface area (Å²) in [7, 11) is 0. The molecule has 0 aliphatic carbocycles. The van der Waals surface area contributed by atoms with E-state index in [1.54, 1.807) is 18.6 Å². The van der Waals surface area contributed by atoms with Crippen molar-refractivity contribution in [3.8, 4) is 0 Å². The van der Waals surface area contributed by atoms with Crippen molar-refractivity contribution in [1.82, 2.24) is 15.3 Å². The number of pyridine rings is 1. The molecule has 4 nitrogen and oxygen atoms in total. The van der Waals surface area contributed by atoms with Gasteiger partial charge in [0.2, 0.25) is 0 Å². The lowest BCUT2D eigenvalue weighted by Gasteiger charge is -2.02. The number of thiazole rings is 1. The second kappa shape index (κ2) is 4.85. The Kier molecular flexibility index (Phi) is 3.26. The van der Waals surface area contributed by atoms with Gasteiger partial charge >= 0.3 is 0 Å². The number of nitrogens with zero attached hydrogens (tertiary/aromatic N) is 2. The number of nitrogens with one attached hydrogen (secondary N) is 1. The van der Waals surface area contributed by atoms with E-state index in [0.29, 0.717) is 11.4 Å². The quantitative estimate of drug-likeness (QED) is 0.879. The van der Waals surface area contributed by atoms with Crippen molar-refractivity contribution in [2.45, 2.75) is 13.5 Å². The Labute approximate surface area is 97.4 Å². The molecule has 0 atom stereocenters. The molecule has 2 heterocycles. The number of rotatable bonds is 3. The molecule has 0 aromatic carbocycles. The molecule has 2 aromatic heterocycles. The van der Waals surface area contributed by atoms with Gasteiger partial charge in [-0.05, 0) is 18.6 Å². The topological polar surface area (TPSA) is 54.9 Å². The lowest BCUT2D eigenvalue weighted by Crippen LogP contribution is -2.21. The summed E-state index contributed by atoms with van der Waals surface area (Å²) in [6.07, 6.45) is 5.04. The van der Waals surface area contributed by atoms with Crippen LogP contribution >= 0.6 is 11.3 Å². The van der Waals surface area contributed by atoms with E-state index in [1.807, 2.05) is 19.1 Å². The van der Waals surface area contributed by atoms with Gasteiger partial charge in [0.25, 0.3) is 5.91 Å². The molecule has 0 unspecified atom stereocenters. The first kappa shape index (κ1) is 10.8. The van der Waals surface area contributed by atoms with Crippen molar-refractivity contribution in [1.29, 1.82) is 0 Å². The molecule has 0 fully saturated rings. The normalized spacial score (nSPS) is 10.1. The third-order valence-electron chi connectivity index (χ3n) is 2.02. The molecule has 0 aliphatic rings. The third kappa shape index (κ3) is 2.64. The van der Waals surface area contributed by atoms with Crippen molar-refractivity contribution >= 4 is 17.2 Å². The molecule has 1 amide bonds. The predicted molar refractivity (Wildman–Crippen MR) is 62.3 cm³/mol. The van der Waals surface area contributed by atoms with Crippen LogP contribution in [0.2, 0.25) is 0 Å². The monoisotopic (exact) mass is 233 g/mol. The van der Waals surface area contributed by atoms with Gasteiger partial charge in [-0.25, -0.2) is 4.98 Å². The van der Waals surface area contributed by atoms with E-state index in [-0.39, 0.29) is 5.91 Å². The Bertz CT molecular complexity index is 481. The largest absolute Gasteiger partial charge is 0.347 e. The summed E-state index contributed by atoms with van der Waals surface area (Å²) in [6.45, 7) is 2.37. The Balaban J connectivity index is 1.94. The average Bonchev–Trinajstić information content (AvgIpc) is 2.74. The van der Waals surface area contributed by atoms with Gasteiger partial charge in [-0.2, -0.15) is 0 Å².